The summed E-state index contributed by atoms with van der Waals surface area (Å²) in [6.45, 7) is 7.04. The van der Waals surface area contributed by atoms with Gasteiger partial charge in [-0.15, -0.1) is 0 Å². The number of ether oxygens (including phenoxy) is 2. The first kappa shape index (κ1) is 20.5. The van der Waals surface area contributed by atoms with Crippen molar-refractivity contribution in [2.75, 3.05) is 44.4 Å². The summed E-state index contributed by atoms with van der Waals surface area (Å²) >= 11 is 0. The molecule has 3 heterocycles. The third-order valence-corrected chi connectivity index (χ3v) is 5.01. The van der Waals surface area contributed by atoms with Crippen LogP contribution in [0.3, 0.4) is 0 Å². The number of aryl methyl sites for hydroxylation is 1. The molecule has 1 fully saturated rings. The van der Waals surface area contributed by atoms with Crippen LogP contribution in [0.4, 0.5) is 5.82 Å². The van der Waals surface area contributed by atoms with Gasteiger partial charge in [0, 0.05) is 37.5 Å². The highest BCUT2D eigenvalue weighted by Gasteiger charge is 2.21. The summed E-state index contributed by atoms with van der Waals surface area (Å²) in [5, 5.41) is 14.5. The highest BCUT2D eigenvalue weighted by atomic mass is 16.5. The first-order valence-electron chi connectivity index (χ1n) is 10.2. The molecule has 4 rings (SSSR count). The number of aliphatic hydroxyl groups is 1. The SMILES string of the molecule is CCOC(CO)c1nc(N2CCOCC2)cc(-n2ccc(-c3cccc(C)c3)n2)n1. The van der Waals surface area contributed by atoms with Crippen molar-refractivity contribution in [3.05, 3.63) is 54.0 Å². The minimum Gasteiger partial charge on any atom is -0.393 e. The monoisotopic (exact) mass is 409 g/mol. The van der Waals surface area contributed by atoms with Gasteiger partial charge in [-0.3, -0.25) is 0 Å². The Morgan fingerprint density at radius 2 is 1.93 bits per heavy atom. The maximum atomic E-state index is 9.79. The van der Waals surface area contributed by atoms with Gasteiger partial charge in [-0.05, 0) is 26.0 Å². The number of hydrogen-bond acceptors (Lipinski definition) is 7. The van der Waals surface area contributed by atoms with Crippen LogP contribution < -0.4 is 4.90 Å². The molecule has 1 aromatic carbocycles. The summed E-state index contributed by atoms with van der Waals surface area (Å²) in [6, 6.07) is 12.1. The van der Waals surface area contributed by atoms with Crippen molar-refractivity contribution < 1.29 is 14.6 Å². The molecule has 1 unspecified atom stereocenters. The van der Waals surface area contributed by atoms with E-state index in [2.05, 4.69) is 33.9 Å². The Hall–Kier alpha value is -2.81. The van der Waals surface area contributed by atoms with Gasteiger partial charge in [-0.2, -0.15) is 5.10 Å². The Labute approximate surface area is 176 Å². The van der Waals surface area contributed by atoms with Crippen molar-refractivity contribution in [1.29, 1.82) is 0 Å². The average Bonchev–Trinajstić information content (AvgIpc) is 3.28. The second-order valence-electron chi connectivity index (χ2n) is 7.18. The van der Waals surface area contributed by atoms with Crippen LogP contribution in [0.1, 0.15) is 24.4 Å². The first-order valence-corrected chi connectivity index (χ1v) is 10.2. The molecular formula is C22H27N5O3. The minimum absolute atomic E-state index is 0.187. The molecule has 1 N–H and O–H groups in total. The van der Waals surface area contributed by atoms with E-state index < -0.39 is 6.10 Å². The molecule has 30 heavy (non-hydrogen) atoms. The molecule has 0 spiro atoms. The highest BCUT2D eigenvalue weighted by Crippen LogP contribution is 2.23. The number of morpholine rings is 1. The lowest BCUT2D eigenvalue weighted by Gasteiger charge is -2.28. The van der Waals surface area contributed by atoms with Crippen LogP contribution in [0.25, 0.3) is 17.1 Å². The third kappa shape index (κ3) is 4.51. The Morgan fingerprint density at radius 3 is 2.67 bits per heavy atom. The number of aliphatic hydroxyl groups excluding tert-OH is 1. The minimum atomic E-state index is -0.582. The molecule has 158 valence electrons. The molecule has 0 radical (unpaired) electrons. The lowest BCUT2D eigenvalue weighted by molar-refractivity contribution is 0.0134. The molecular weight excluding hydrogens is 382 g/mol. The van der Waals surface area contributed by atoms with E-state index in [-0.39, 0.29) is 6.61 Å². The zero-order valence-corrected chi connectivity index (χ0v) is 17.4. The van der Waals surface area contributed by atoms with Gasteiger partial charge in [0.05, 0.1) is 25.5 Å². The number of hydrogen-bond donors (Lipinski definition) is 1. The number of anilines is 1. The molecule has 3 aromatic rings. The van der Waals surface area contributed by atoms with Gasteiger partial charge >= 0.3 is 0 Å². The van der Waals surface area contributed by atoms with Crippen LogP contribution in [0.5, 0.6) is 0 Å². The predicted octanol–water partition coefficient (Wildman–Crippen LogP) is 2.54. The van der Waals surface area contributed by atoms with Crippen molar-refractivity contribution in [1.82, 2.24) is 19.7 Å². The number of benzene rings is 1. The molecule has 1 aliphatic heterocycles. The van der Waals surface area contributed by atoms with E-state index >= 15 is 0 Å². The van der Waals surface area contributed by atoms with Crippen LogP contribution >= 0.6 is 0 Å². The van der Waals surface area contributed by atoms with Gasteiger partial charge in [0.2, 0.25) is 0 Å². The van der Waals surface area contributed by atoms with Gasteiger partial charge in [-0.1, -0.05) is 23.8 Å². The molecule has 0 amide bonds. The second kappa shape index (κ2) is 9.34. The van der Waals surface area contributed by atoms with Gasteiger partial charge in [-0.25, -0.2) is 14.6 Å². The molecule has 8 nitrogen and oxygen atoms in total. The Kier molecular flexibility index (Phi) is 6.37. The smallest absolute Gasteiger partial charge is 0.164 e. The van der Waals surface area contributed by atoms with E-state index in [0.29, 0.717) is 31.5 Å². The normalized spacial score (nSPS) is 15.4. The Bertz CT molecular complexity index is 961. The van der Waals surface area contributed by atoms with E-state index in [4.69, 9.17) is 14.6 Å². The van der Waals surface area contributed by atoms with E-state index in [9.17, 15) is 5.11 Å². The van der Waals surface area contributed by atoms with E-state index in [1.165, 1.54) is 5.56 Å². The summed E-state index contributed by atoms with van der Waals surface area (Å²) in [5.74, 6) is 1.87. The van der Waals surface area contributed by atoms with Gasteiger partial charge in [0.25, 0.3) is 0 Å². The average molecular weight is 409 g/mol. The molecule has 0 saturated carbocycles. The predicted molar refractivity (Wildman–Crippen MR) is 114 cm³/mol. The number of rotatable bonds is 7. The molecule has 1 aliphatic rings. The maximum Gasteiger partial charge on any atom is 0.164 e. The van der Waals surface area contributed by atoms with Crippen LogP contribution in [-0.4, -0.2) is 64.4 Å². The zero-order valence-electron chi connectivity index (χ0n) is 17.4. The highest BCUT2D eigenvalue weighted by molar-refractivity contribution is 5.60. The second-order valence-corrected chi connectivity index (χ2v) is 7.18. The molecule has 0 bridgehead atoms. The molecule has 2 aromatic heterocycles. The van der Waals surface area contributed by atoms with Crippen molar-refractivity contribution in [3.8, 4) is 17.1 Å². The molecule has 1 atom stereocenters. The number of nitrogens with zero attached hydrogens (tertiary/aromatic N) is 5. The topological polar surface area (TPSA) is 85.5 Å². The van der Waals surface area contributed by atoms with E-state index in [0.717, 1.165) is 30.2 Å². The fourth-order valence-corrected chi connectivity index (χ4v) is 3.48. The summed E-state index contributed by atoms with van der Waals surface area (Å²) < 4.78 is 12.9. The third-order valence-electron chi connectivity index (χ3n) is 5.01. The van der Waals surface area contributed by atoms with Crippen molar-refractivity contribution in [3.63, 3.8) is 0 Å². The van der Waals surface area contributed by atoms with Gasteiger partial charge in [0.1, 0.15) is 11.9 Å². The summed E-state index contributed by atoms with van der Waals surface area (Å²) in [5.41, 5.74) is 3.11. The van der Waals surface area contributed by atoms with Gasteiger partial charge in [0.15, 0.2) is 11.6 Å². The van der Waals surface area contributed by atoms with Gasteiger partial charge < -0.3 is 19.5 Å². The van der Waals surface area contributed by atoms with Crippen molar-refractivity contribution in [2.24, 2.45) is 0 Å². The van der Waals surface area contributed by atoms with Crippen LogP contribution in [-0.2, 0) is 9.47 Å². The standard InChI is InChI=1S/C22H27N5O3/c1-3-30-19(15-28)22-23-20(26-9-11-29-12-10-26)14-21(24-22)27-8-7-18(25-27)17-6-4-5-16(2)13-17/h4-8,13-14,19,28H,3,9-12,15H2,1-2H3. The molecule has 8 heteroatoms. The van der Waals surface area contributed by atoms with E-state index in [1.807, 2.05) is 37.4 Å². The lowest BCUT2D eigenvalue weighted by Crippen LogP contribution is -2.37. The largest absolute Gasteiger partial charge is 0.393 e. The fraction of sp³-hybridized carbons (Fsp3) is 0.409. The Morgan fingerprint density at radius 1 is 1.13 bits per heavy atom. The summed E-state index contributed by atoms with van der Waals surface area (Å²) in [6.07, 6.45) is 1.31. The lowest BCUT2D eigenvalue weighted by atomic mass is 10.1. The first-order chi connectivity index (χ1) is 14.7. The van der Waals surface area contributed by atoms with Crippen molar-refractivity contribution >= 4 is 5.82 Å². The fourth-order valence-electron chi connectivity index (χ4n) is 3.48. The van der Waals surface area contributed by atoms with Crippen LogP contribution in [0.15, 0.2) is 42.6 Å². The molecule has 0 aliphatic carbocycles. The summed E-state index contributed by atoms with van der Waals surface area (Å²) in [7, 11) is 0. The number of aromatic nitrogens is 4. The van der Waals surface area contributed by atoms with Crippen LogP contribution in [0, 0.1) is 6.92 Å². The van der Waals surface area contributed by atoms with E-state index in [1.54, 1.807) is 4.68 Å². The zero-order chi connectivity index (χ0) is 20.9. The summed E-state index contributed by atoms with van der Waals surface area (Å²) in [4.78, 5) is 11.5. The molecule has 1 saturated heterocycles. The Balaban J connectivity index is 1.72. The maximum absolute atomic E-state index is 9.79. The quantitative estimate of drug-likeness (QED) is 0.642. The van der Waals surface area contributed by atoms with Crippen molar-refractivity contribution in [2.45, 2.75) is 20.0 Å². The van der Waals surface area contributed by atoms with Crippen LogP contribution in [0.2, 0.25) is 0 Å².